The first kappa shape index (κ1) is 30.6. The first-order valence-corrected chi connectivity index (χ1v) is 12.3. The van der Waals surface area contributed by atoms with Crippen molar-refractivity contribution >= 4 is 11.6 Å². The highest BCUT2D eigenvalue weighted by Crippen LogP contribution is 2.31. The van der Waals surface area contributed by atoms with Crippen molar-refractivity contribution in [2.24, 2.45) is 0 Å². The summed E-state index contributed by atoms with van der Waals surface area (Å²) in [5.74, 6) is -3.19. The minimum absolute atomic E-state index is 0.0928. The Kier molecular flexibility index (Phi) is 9.13. The van der Waals surface area contributed by atoms with Gasteiger partial charge in [0.25, 0.3) is 0 Å². The lowest BCUT2D eigenvalue weighted by Gasteiger charge is -2.40. The largest absolute Gasteiger partial charge is 0.507 e. The molecular formula is C26H30O15. The maximum atomic E-state index is 12.7. The Balaban J connectivity index is 1.42. The van der Waals surface area contributed by atoms with Gasteiger partial charge in [-0.3, -0.25) is 9.59 Å². The highest BCUT2D eigenvalue weighted by molar-refractivity contribution is 6.49. The molecule has 8 atom stereocenters. The predicted octanol–water partition coefficient (Wildman–Crippen LogP) is -2.18. The lowest BCUT2D eigenvalue weighted by molar-refractivity contribution is -0.289. The van der Waals surface area contributed by atoms with Gasteiger partial charge in [-0.25, -0.2) is 0 Å². The van der Waals surface area contributed by atoms with Gasteiger partial charge in [-0.2, -0.15) is 0 Å². The third-order valence-corrected chi connectivity index (χ3v) is 6.79. The summed E-state index contributed by atoms with van der Waals surface area (Å²) in [7, 11) is 1.31. The van der Waals surface area contributed by atoms with E-state index in [1.807, 2.05) is 0 Å². The molecule has 2 fully saturated rings. The van der Waals surface area contributed by atoms with Crippen LogP contribution in [0.15, 0.2) is 36.4 Å². The molecule has 15 heteroatoms. The molecule has 0 spiro atoms. The molecule has 2 aromatic carbocycles. The molecule has 0 aromatic heterocycles. The highest BCUT2D eigenvalue weighted by Gasteiger charge is 2.50. The maximum Gasteiger partial charge on any atom is 0.237 e. The summed E-state index contributed by atoms with van der Waals surface area (Å²) < 4.78 is 26.4. The van der Waals surface area contributed by atoms with Crippen LogP contribution in [0.4, 0.5) is 0 Å². The second-order valence-electron chi connectivity index (χ2n) is 9.58. The molecule has 8 N–H and O–H groups in total. The van der Waals surface area contributed by atoms with Crippen LogP contribution in [0.2, 0.25) is 0 Å². The van der Waals surface area contributed by atoms with Crippen LogP contribution in [0, 0.1) is 0 Å². The van der Waals surface area contributed by atoms with Gasteiger partial charge in [-0.15, -0.1) is 0 Å². The molecule has 2 aliphatic rings. The minimum Gasteiger partial charge on any atom is -0.507 e. The summed E-state index contributed by atoms with van der Waals surface area (Å²) in [6.45, 7) is -1.73. The Morgan fingerprint density at radius 1 is 0.951 bits per heavy atom. The van der Waals surface area contributed by atoms with Crippen LogP contribution >= 0.6 is 0 Å². The number of methoxy groups -OCH3 is 1. The number of ketones is 2. The third-order valence-electron chi connectivity index (χ3n) is 6.79. The van der Waals surface area contributed by atoms with Crippen molar-refractivity contribution in [1.82, 2.24) is 0 Å². The van der Waals surface area contributed by atoms with Crippen molar-refractivity contribution in [3.8, 4) is 23.0 Å². The van der Waals surface area contributed by atoms with E-state index in [1.165, 1.54) is 25.3 Å². The minimum atomic E-state index is -1.95. The molecule has 224 valence electrons. The van der Waals surface area contributed by atoms with E-state index in [0.717, 1.165) is 18.2 Å². The first-order chi connectivity index (χ1) is 19.4. The summed E-state index contributed by atoms with van der Waals surface area (Å²) in [5.41, 5.74) is -2.49. The number of benzene rings is 2. The molecule has 2 aliphatic heterocycles. The number of phenolic OH excluding ortho intramolecular Hbond substituents is 2. The highest BCUT2D eigenvalue weighted by atomic mass is 16.7. The van der Waals surface area contributed by atoms with Gasteiger partial charge in [0.05, 0.1) is 32.5 Å². The normalized spacial score (nSPS) is 31.5. The van der Waals surface area contributed by atoms with Crippen molar-refractivity contribution in [1.29, 1.82) is 0 Å². The number of aliphatic hydroxyl groups excluding tert-OH is 5. The summed E-state index contributed by atoms with van der Waals surface area (Å²) >= 11 is 0. The van der Waals surface area contributed by atoms with Crippen LogP contribution in [-0.2, 0) is 14.2 Å². The summed E-state index contributed by atoms with van der Waals surface area (Å²) in [4.78, 5) is 25.3. The zero-order valence-electron chi connectivity index (χ0n) is 21.6. The Labute approximate surface area is 232 Å². The van der Waals surface area contributed by atoms with Gasteiger partial charge in [-0.05, 0) is 30.3 Å². The van der Waals surface area contributed by atoms with E-state index in [4.69, 9.17) is 23.7 Å². The molecular weight excluding hydrogens is 552 g/mol. The zero-order valence-corrected chi connectivity index (χ0v) is 21.6. The molecule has 15 nitrogen and oxygen atoms in total. The number of hydrogen-bond donors (Lipinski definition) is 8. The van der Waals surface area contributed by atoms with E-state index in [1.54, 1.807) is 0 Å². The Morgan fingerprint density at radius 3 is 2.29 bits per heavy atom. The quantitative estimate of drug-likeness (QED) is 0.110. The van der Waals surface area contributed by atoms with E-state index in [2.05, 4.69) is 0 Å². The smallest absolute Gasteiger partial charge is 0.237 e. The van der Waals surface area contributed by atoms with Gasteiger partial charge in [0, 0.05) is 11.6 Å². The topological polar surface area (TPSA) is 242 Å². The standard InChI is InChI=1S/C26H30O15/c1-37-16-5-2-11(6-15(16)29)18(30)19(31)13-4-3-12(7-14(13)28)40-24-22(34)21(33)20(32)17(41-24)8-38-25-23(35)26(36,9-27)10-39-25/h2-7,17,20-25,27-29,32-36H,8-10H2,1H3/t17-,20-,21+,22-,23+,24-,25-,26-/m1/s1. The van der Waals surface area contributed by atoms with Crippen LogP contribution < -0.4 is 9.47 Å². The Bertz CT molecular complexity index is 1270. The van der Waals surface area contributed by atoms with Gasteiger partial charge < -0.3 is 64.5 Å². The number of aliphatic hydroxyl groups is 6. The van der Waals surface area contributed by atoms with E-state index in [0.29, 0.717) is 0 Å². The lowest BCUT2D eigenvalue weighted by Crippen LogP contribution is -2.60. The summed E-state index contributed by atoms with van der Waals surface area (Å²) in [5, 5.41) is 80.7. The van der Waals surface area contributed by atoms with Crippen LogP contribution in [0.5, 0.6) is 23.0 Å². The van der Waals surface area contributed by atoms with Gasteiger partial charge in [0.1, 0.15) is 47.6 Å². The number of carbonyl (C=O) groups is 2. The van der Waals surface area contributed by atoms with Gasteiger partial charge in [0.2, 0.25) is 17.9 Å². The number of rotatable bonds is 10. The van der Waals surface area contributed by atoms with Crippen LogP contribution in [0.25, 0.3) is 0 Å². The molecule has 0 amide bonds. The molecule has 0 aliphatic carbocycles. The number of carbonyl (C=O) groups excluding carboxylic acids is 2. The summed E-state index contributed by atoms with van der Waals surface area (Å²) in [6.07, 6.45) is -11.2. The number of aromatic hydroxyl groups is 2. The van der Waals surface area contributed by atoms with Crippen LogP contribution in [-0.4, -0.2) is 128 Å². The average molecular weight is 583 g/mol. The SMILES string of the molecule is COc1ccc(C(=O)C(=O)c2ccc(O[C@@H]3O[C@H](CO[C@@H]4OC[C@](O)(CO)[C@H]4O)[C@@H](O)[C@H](O)[C@H]3O)cc2O)cc1O. The third kappa shape index (κ3) is 6.13. The van der Waals surface area contributed by atoms with E-state index < -0.39 is 85.8 Å². The predicted molar refractivity (Wildman–Crippen MR) is 132 cm³/mol. The van der Waals surface area contributed by atoms with Gasteiger partial charge in [0.15, 0.2) is 17.8 Å². The molecule has 0 radical (unpaired) electrons. The van der Waals surface area contributed by atoms with Crippen molar-refractivity contribution in [3.63, 3.8) is 0 Å². The second-order valence-corrected chi connectivity index (χ2v) is 9.58. The molecule has 2 aromatic rings. The Hall–Kier alpha value is -3.38. The fourth-order valence-corrected chi connectivity index (χ4v) is 4.27. The molecule has 4 rings (SSSR count). The fourth-order valence-electron chi connectivity index (χ4n) is 4.27. The van der Waals surface area contributed by atoms with Gasteiger partial charge in [-0.1, -0.05) is 0 Å². The number of Topliss-reactive ketones (excluding diaryl/α,β-unsaturated/α-hetero) is 2. The van der Waals surface area contributed by atoms with E-state index in [-0.39, 0.29) is 28.4 Å². The van der Waals surface area contributed by atoms with Crippen LogP contribution in [0.3, 0.4) is 0 Å². The second kappa shape index (κ2) is 12.2. The summed E-state index contributed by atoms with van der Waals surface area (Å²) in [6, 6.07) is 6.83. The molecule has 0 unspecified atom stereocenters. The van der Waals surface area contributed by atoms with Crippen molar-refractivity contribution in [3.05, 3.63) is 47.5 Å². The average Bonchev–Trinajstić information content (AvgIpc) is 3.25. The first-order valence-electron chi connectivity index (χ1n) is 12.3. The zero-order chi connectivity index (χ0) is 30.1. The van der Waals surface area contributed by atoms with Gasteiger partial charge >= 0.3 is 0 Å². The van der Waals surface area contributed by atoms with Crippen LogP contribution in [0.1, 0.15) is 20.7 Å². The van der Waals surface area contributed by atoms with Crippen molar-refractivity contribution < 1.29 is 74.1 Å². The monoisotopic (exact) mass is 582 g/mol. The molecule has 2 saturated heterocycles. The number of phenols is 2. The maximum absolute atomic E-state index is 12.7. The fraction of sp³-hybridized carbons (Fsp3) is 0.462. The molecule has 41 heavy (non-hydrogen) atoms. The molecule has 0 bridgehead atoms. The van der Waals surface area contributed by atoms with E-state index in [9.17, 15) is 50.4 Å². The number of hydrogen-bond acceptors (Lipinski definition) is 15. The number of ether oxygens (including phenoxy) is 5. The molecule has 0 saturated carbocycles. The lowest BCUT2D eigenvalue weighted by atomic mass is 9.99. The van der Waals surface area contributed by atoms with Crippen molar-refractivity contribution in [2.75, 3.05) is 26.9 Å². The Morgan fingerprint density at radius 2 is 1.68 bits per heavy atom. The van der Waals surface area contributed by atoms with Crippen molar-refractivity contribution in [2.45, 2.75) is 48.7 Å². The molecule has 2 heterocycles. The van der Waals surface area contributed by atoms with E-state index >= 15 is 0 Å².